The van der Waals surface area contributed by atoms with E-state index in [4.69, 9.17) is 9.47 Å². The second-order valence-corrected chi connectivity index (χ2v) is 5.22. The summed E-state index contributed by atoms with van der Waals surface area (Å²) in [5, 5.41) is 3.21. The van der Waals surface area contributed by atoms with Crippen molar-refractivity contribution in [1.82, 2.24) is 5.32 Å². The lowest BCUT2D eigenvalue weighted by Crippen LogP contribution is -2.42. The first-order valence-corrected chi connectivity index (χ1v) is 7.05. The lowest BCUT2D eigenvalue weighted by molar-refractivity contribution is -0.144. The Hall–Kier alpha value is -1.55. The van der Waals surface area contributed by atoms with Gasteiger partial charge in [0.2, 0.25) is 0 Å². The standard InChI is InChI=1S/C16H25NO3/c1-12(2)15(16(18)19-4)17-9-6-10-20-14-8-5-7-13(3)11-14/h5,7-8,11-12,15,17H,6,9-10H2,1-4H3. The Morgan fingerprint density at radius 3 is 2.70 bits per heavy atom. The molecule has 0 amide bonds. The molecule has 1 atom stereocenters. The SMILES string of the molecule is COC(=O)C(NCCCOc1cccc(C)c1)C(C)C. The van der Waals surface area contributed by atoms with Crippen LogP contribution >= 0.6 is 0 Å². The second kappa shape index (κ2) is 8.59. The van der Waals surface area contributed by atoms with E-state index in [1.807, 2.05) is 45.0 Å². The third-order valence-electron chi connectivity index (χ3n) is 3.07. The number of rotatable bonds is 8. The molecule has 0 saturated carbocycles. The summed E-state index contributed by atoms with van der Waals surface area (Å²) in [5.74, 6) is 0.887. The fraction of sp³-hybridized carbons (Fsp3) is 0.562. The first-order chi connectivity index (χ1) is 9.54. The van der Waals surface area contributed by atoms with Crippen LogP contribution in [0.15, 0.2) is 24.3 Å². The summed E-state index contributed by atoms with van der Waals surface area (Å²) in [7, 11) is 1.42. The van der Waals surface area contributed by atoms with Crippen LogP contribution in [0.2, 0.25) is 0 Å². The lowest BCUT2D eigenvalue weighted by Gasteiger charge is -2.19. The van der Waals surface area contributed by atoms with Crippen molar-refractivity contribution in [2.24, 2.45) is 5.92 Å². The highest BCUT2D eigenvalue weighted by molar-refractivity contribution is 5.75. The Bertz CT molecular complexity index is 418. The summed E-state index contributed by atoms with van der Waals surface area (Å²) in [4.78, 5) is 11.6. The fourth-order valence-electron chi connectivity index (χ4n) is 1.94. The molecule has 112 valence electrons. The number of aryl methyl sites for hydroxylation is 1. The van der Waals surface area contributed by atoms with E-state index in [0.29, 0.717) is 6.61 Å². The van der Waals surface area contributed by atoms with Gasteiger partial charge in [-0.15, -0.1) is 0 Å². The zero-order chi connectivity index (χ0) is 15.0. The highest BCUT2D eigenvalue weighted by Gasteiger charge is 2.21. The first kappa shape index (κ1) is 16.5. The smallest absolute Gasteiger partial charge is 0.323 e. The number of nitrogens with one attached hydrogen (secondary N) is 1. The van der Waals surface area contributed by atoms with Gasteiger partial charge in [0.05, 0.1) is 13.7 Å². The van der Waals surface area contributed by atoms with Gasteiger partial charge in [-0.25, -0.2) is 0 Å². The molecular weight excluding hydrogens is 254 g/mol. The quantitative estimate of drug-likeness (QED) is 0.587. The van der Waals surface area contributed by atoms with Crippen molar-refractivity contribution in [1.29, 1.82) is 0 Å². The molecule has 0 aliphatic heterocycles. The highest BCUT2D eigenvalue weighted by Crippen LogP contribution is 2.12. The van der Waals surface area contributed by atoms with E-state index in [9.17, 15) is 4.79 Å². The summed E-state index contributed by atoms with van der Waals surface area (Å²) in [6.45, 7) is 7.39. The van der Waals surface area contributed by atoms with Crippen molar-refractivity contribution in [2.75, 3.05) is 20.3 Å². The molecule has 0 aliphatic rings. The number of ether oxygens (including phenoxy) is 2. The zero-order valence-electron chi connectivity index (χ0n) is 12.8. The second-order valence-electron chi connectivity index (χ2n) is 5.22. The molecule has 4 nitrogen and oxygen atoms in total. The van der Waals surface area contributed by atoms with Crippen LogP contribution in [-0.2, 0) is 9.53 Å². The predicted molar refractivity (Wildman–Crippen MR) is 79.9 cm³/mol. The van der Waals surface area contributed by atoms with Gasteiger partial charge in [-0.2, -0.15) is 0 Å². The minimum absolute atomic E-state index is 0.208. The van der Waals surface area contributed by atoms with E-state index < -0.39 is 0 Å². The number of benzene rings is 1. The van der Waals surface area contributed by atoms with Gasteiger partial charge in [-0.05, 0) is 43.5 Å². The predicted octanol–water partition coefficient (Wildman–Crippen LogP) is 2.55. The average Bonchev–Trinajstić information content (AvgIpc) is 2.41. The van der Waals surface area contributed by atoms with Crippen LogP contribution in [0.4, 0.5) is 0 Å². The summed E-state index contributed by atoms with van der Waals surface area (Å²) >= 11 is 0. The maximum atomic E-state index is 11.6. The van der Waals surface area contributed by atoms with Crippen LogP contribution in [0, 0.1) is 12.8 Å². The molecule has 1 aromatic carbocycles. The van der Waals surface area contributed by atoms with E-state index in [1.54, 1.807) is 0 Å². The topological polar surface area (TPSA) is 47.6 Å². The first-order valence-electron chi connectivity index (χ1n) is 7.05. The van der Waals surface area contributed by atoms with Gasteiger partial charge in [0.25, 0.3) is 0 Å². The van der Waals surface area contributed by atoms with Crippen LogP contribution in [-0.4, -0.2) is 32.3 Å². The number of carbonyl (C=O) groups is 1. The molecule has 1 aromatic rings. The van der Waals surface area contributed by atoms with Gasteiger partial charge in [-0.3, -0.25) is 4.79 Å². The number of methoxy groups -OCH3 is 1. The van der Waals surface area contributed by atoms with Crippen LogP contribution in [0.5, 0.6) is 5.75 Å². The third kappa shape index (κ3) is 5.61. The van der Waals surface area contributed by atoms with Crippen molar-refractivity contribution in [3.05, 3.63) is 29.8 Å². The summed E-state index contributed by atoms with van der Waals surface area (Å²) in [6, 6.07) is 7.73. The van der Waals surface area contributed by atoms with Gasteiger partial charge in [-0.1, -0.05) is 26.0 Å². The molecule has 0 fully saturated rings. The van der Waals surface area contributed by atoms with Gasteiger partial charge < -0.3 is 14.8 Å². The van der Waals surface area contributed by atoms with Crippen molar-refractivity contribution in [3.8, 4) is 5.75 Å². The van der Waals surface area contributed by atoms with Gasteiger partial charge >= 0.3 is 5.97 Å². The molecule has 0 radical (unpaired) electrons. The number of hydrogen-bond acceptors (Lipinski definition) is 4. The lowest BCUT2D eigenvalue weighted by atomic mass is 10.0. The molecule has 0 bridgehead atoms. The molecule has 4 heteroatoms. The van der Waals surface area contributed by atoms with E-state index >= 15 is 0 Å². The zero-order valence-corrected chi connectivity index (χ0v) is 12.8. The number of carbonyl (C=O) groups excluding carboxylic acids is 1. The Morgan fingerprint density at radius 1 is 1.35 bits per heavy atom. The van der Waals surface area contributed by atoms with E-state index in [2.05, 4.69) is 5.32 Å². The van der Waals surface area contributed by atoms with Crippen LogP contribution < -0.4 is 10.1 Å². The molecule has 0 aliphatic carbocycles. The van der Waals surface area contributed by atoms with Crippen LogP contribution in [0.3, 0.4) is 0 Å². The number of hydrogen-bond donors (Lipinski definition) is 1. The molecule has 0 spiro atoms. The van der Waals surface area contributed by atoms with Gasteiger partial charge in [0, 0.05) is 0 Å². The van der Waals surface area contributed by atoms with Crippen molar-refractivity contribution >= 4 is 5.97 Å². The largest absolute Gasteiger partial charge is 0.494 e. The Labute approximate surface area is 121 Å². The Morgan fingerprint density at radius 2 is 2.10 bits per heavy atom. The van der Waals surface area contributed by atoms with Crippen molar-refractivity contribution in [3.63, 3.8) is 0 Å². The summed E-state index contributed by atoms with van der Waals surface area (Å²) in [5.41, 5.74) is 1.19. The fourth-order valence-corrected chi connectivity index (χ4v) is 1.94. The molecule has 1 N–H and O–H groups in total. The molecule has 0 saturated heterocycles. The minimum atomic E-state index is -0.251. The molecule has 1 rings (SSSR count). The number of esters is 1. The average molecular weight is 279 g/mol. The van der Waals surface area contributed by atoms with E-state index in [0.717, 1.165) is 18.7 Å². The van der Waals surface area contributed by atoms with Gasteiger partial charge in [0.1, 0.15) is 11.8 Å². The Balaban J connectivity index is 2.25. The summed E-state index contributed by atoms with van der Waals surface area (Å²) < 4.78 is 10.4. The van der Waals surface area contributed by atoms with E-state index in [1.165, 1.54) is 12.7 Å². The van der Waals surface area contributed by atoms with Crippen molar-refractivity contribution < 1.29 is 14.3 Å². The molecular formula is C16H25NO3. The maximum absolute atomic E-state index is 11.6. The monoisotopic (exact) mass is 279 g/mol. The van der Waals surface area contributed by atoms with Crippen molar-refractivity contribution in [2.45, 2.75) is 33.2 Å². The minimum Gasteiger partial charge on any atom is -0.494 e. The third-order valence-corrected chi connectivity index (χ3v) is 3.07. The maximum Gasteiger partial charge on any atom is 0.323 e. The Kier molecular flexibility index (Phi) is 7.09. The molecule has 0 aromatic heterocycles. The van der Waals surface area contributed by atoms with E-state index in [-0.39, 0.29) is 17.9 Å². The van der Waals surface area contributed by atoms with Gasteiger partial charge in [0.15, 0.2) is 0 Å². The normalized spacial score (nSPS) is 12.2. The molecule has 0 heterocycles. The van der Waals surface area contributed by atoms with Crippen LogP contribution in [0.1, 0.15) is 25.8 Å². The summed E-state index contributed by atoms with van der Waals surface area (Å²) in [6.07, 6.45) is 0.841. The van der Waals surface area contributed by atoms with Crippen LogP contribution in [0.25, 0.3) is 0 Å². The molecule has 20 heavy (non-hydrogen) atoms. The highest BCUT2D eigenvalue weighted by atomic mass is 16.5. The molecule has 1 unspecified atom stereocenters.